The lowest BCUT2D eigenvalue weighted by atomic mass is 9.53. The molecule has 1 atom stereocenters. The maximum atomic E-state index is 12.8. The predicted octanol–water partition coefficient (Wildman–Crippen LogP) is 2.82. The number of nitrogens with one attached hydrogen (secondary N) is 2. The van der Waals surface area contributed by atoms with Crippen LogP contribution in [0.3, 0.4) is 0 Å². The molecule has 0 heterocycles. The van der Waals surface area contributed by atoms with Crippen LogP contribution in [0.1, 0.15) is 45.4 Å². The van der Waals surface area contributed by atoms with Crippen LogP contribution in [0.15, 0.2) is 29.2 Å². The molecule has 4 aliphatic carbocycles. The Labute approximate surface area is 168 Å². The average molecular weight is 406 g/mol. The summed E-state index contributed by atoms with van der Waals surface area (Å²) in [6.07, 6.45) is 7.67. The second-order valence-electron chi connectivity index (χ2n) is 9.37. The van der Waals surface area contributed by atoms with Crippen LogP contribution >= 0.6 is 0 Å². The van der Waals surface area contributed by atoms with Crippen LogP contribution in [0.5, 0.6) is 0 Å². The van der Waals surface area contributed by atoms with Gasteiger partial charge in [0, 0.05) is 25.3 Å². The highest BCUT2D eigenvalue weighted by molar-refractivity contribution is 7.89. The number of rotatable bonds is 6. The summed E-state index contributed by atoms with van der Waals surface area (Å²) < 4.78 is 25.8. The number of carbonyl (C=O) groups is 1. The standard InChI is InChI=1S/C21H31N3O3S/c1-14(23-21-11-15-7-16(12-21)9-17(8-15)13-21)20(25)22-18-5-4-6-19(10-18)28(26,27)24(2)3/h4-6,10,14-17,23H,7-9,11-13H2,1-3H3,(H,22,25)/t14-,15?,16?,17?,21?/m1/s1. The van der Waals surface area contributed by atoms with Crippen LogP contribution in [0.25, 0.3) is 0 Å². The molecule has 7 heteroatoms. The van der Waals surface area contributed by atoms with E-state index in [-0.39, 0.29) is 22.4 Å². The Morgan fingerprint density at radius 1 is 1.11 bits per heavy atom. The Bertz CT molecular complexity index is 830. The van der Waals surface area contributed by atoms with E-state index in [4.69, 9.17) is 0 Å². The van der Waals surface area contributed by atoms with Crippen molar-refractivity contribution >= 4 is 21.6 Å². The molecule has 0 unspecified atom stereocenters. The van der Waals surface area contributed by atoms with Crippen molar-refractivity contribution in [3.63, 3.8) is 0 Å². The van der Waals surface area contributed by atoms with Crippen molar-refractivity contribution in [2.24, 2.45) is 17.8 Å². The first-order chi connectivity index (χ1) is 13.2. The van der Waals surface area contributed by atoms with Crippen molar-refractivity contribution in [1.82, 2.24) is 9.62 Å². The summed E-state index contributed by atoms with van der Waals surface area (Å²) in [7, 11) is -0.529. The number of sulfonamides is 1. The fraction of sp³-hybridized carbons (Fsp3) is 0.667. The molecule has 0 aromatic heterocycles. The summed E-state index contributed by atoms with van der Waals surface area (Å²) >= 11 is 0. The van der Waals surface area contributed by atoms with Gasteiger partial charge in [-0.05, 0) is 81.4 Å². The molecular weight excluding hydrogens is 374 g/mol. The van der Waals surface area contributed by atoms with Gasteiger partial charge in [0.25, 0.3) is 0 Å². The van der Waals surface area contributed by atoms with E-state index in [0.717, 1.165) is 17.8 Å². The second-order valence-corrected chi connectivity index (χ2v) is 11.5. The Hall–Kier alpha value is -1.44. The number of anilines is 1. The fourth-order valence-electron chi connectivity index (χ4n) is 6.01. The maximum Gasteiger partial charge on any atom is 0.242 e. The second kappa shape index (κ2) is 7.11. The zero-order chi connectivity index (χ0) is 20.1. The zero-order valence-corrected chi connectivity index (χ0v) is 17.8. The third kappa shape index (κ3) is 3.72. The lowest BCUT2D eigenvalue weighted by molar-refractivity contribution is -0.119. The molecule has 4 saturated carbocycles. The molecule has 0 spiro atoms. The third-order valence-electron chi connectivity index (χ3n) is 6.83. The molecule has 2 N–H and O–H groups in total. The molecule has 6 nitrogen and oxygen atoms in total. The van der Waals surface area contributed by atoms with Crippen LogP contribution in [-0.2, 0) is 14.8 Å². The number of hydrogen-bond acceptors (Lipinski definition) is 4. The van der Waals surface area contributed by atoms with E-state index in [1.54, 1.807) is 18.2 Å². The lowest BCUT2D eigenvalue weighted by Crippen LogP contribution is -2.62. The number of nitrogens with zero attached hydrogens (tertiary/aromatic N) is 1. The van der Waals surface area contributed by atoms with Crippen molar-refractivity contribution in [3.05, 3.63) is 24.3 Å². The largest absolute Gasteiger partial charge is 0.325 e. The van der Waals surface area contributed by atoms with Crippen molar-refractivity contribution in [2.45, 2.75) is 61.9 Å². The van der Waals surface area contributed by atoms with Gasteiger partial charge in [-0.25, -0.2) is 12.7 Å². The highest BCUT2D eigenvalue weighted by Crippen LogP contribution is 2.55. The first-order valence-electron chi connectivity index (χ1n) is 10.3. The first-order valence-corrected chi connectivity index (χ1v) is 11.7. The van der Waals surface area contributed by atoms with Crippen LogP contribution in [-0.4, -0.2) is 44.3 Å². The van der Waals surface area contributed by atoms with E-state index in [1.807, 2.05) is 6.92 Å². The molecule has 0 radical (unpaired) electrons. The summed E-state index contributed by atoms with van der Waals surface area (Å²) in [5, 5.41) is 6.56. The van der Waals surface area contributed by atoms with Gasteiger partial charge < -0.3 is 10.6 Å². The molecule has 1 aromatic carbocycles. The Morgan fingerprint density at radius 2 is 1.68 bits per heavy atom. The fourth-order valence-corrected chi connectivity index (χ4v) is 6.96. The molecular formula is C21H31N3O3S. The van der Waals surface area contributed by atoms with Gasteiger partial charge in [0.15, 0.2) is 0 Å². The Kier molecular flexibility index (Phi) is 5.04. The molecule has 1 amide bonds. The van der Waals surface area contributed by atoms with E-state index in [1.165, 1.54) is 63.0 Å². The SMILES string of the molecule is C[C@@H](NC12CC3CC(CC(C3)C1)C2)C(=O)Nc1cccc(S(=O)(=O)N(C)C)c1. The number of amides is 1. The lowest BCUT2D eigenvalue weighted by Gasteiger charge is -2.57. The van der Waals surface area contributed by atoms with Crippen molar-refractivity contribution in [1.29, 1.82) is 0 Å². The molecule has 0 aliphatic heterocycles. The van der Waals surface area contributed by atoms with Gasteiger partial charge >= 0.3 is 0 Å². The number of hydrogen-bond donors (Lipinski definition) is 2. The van der Waals surface area contributed by atoms with Crippen LogP contribution in [0.4, 0.5) is 5.69 Å². The van der Waals surface area contributed by atoms with Crippen molar-refractivity contribution in [3.8, 4) is 0 Å². The predicted molar refractivity (Wildman–Crippen MR) is 109 cm³/mol. The molecule has 154 valence electrons. The first kappa shape index (κ1) is 19.9. The molecule has 4 fully saturated rings. The summed E-state index contributed by atoms with van der Waals surface area (Å²) in [6, 6.07) is 6.13. The van der Waals surface area contributed by atoms with Crippen molar-refractivity contribution < 1.29 is 13.2 Å². The molecule has 4 aliphatic rings. The molecule has 1 aromatic rings. The Balaban J connectivity index is 1.43. The van der Waals surface area contributed by atoms with E-state index in [2.05, 4.69) is 10.6 Å². The maximum absolute atomic E-state index is 12.8. The molecule has 28 heavy (non-hydrogen) atoms. The summed E-state index contributed by atoms with van der Waals surface area (Å²) in [6.45, 7) is 1.91. The number of benzene rings is 1. The minimum Gasteiger partial charge on any atom is -0.325 e. The highest BCUT2D eigenvalue weighted by Gasteiger charge is 2.51. The van der Waals surface area contributed by atoms with E-state index in [9.17, 15) is 13.2 Å². The zero-order valence-electron chi connectivity index (χ0n) is 16.9. The topological polar surface area (TPSA) is 78.5 Å². The normalized spacial score (nSPS) is 32.5. The molecule has 4 bridgehead atoms. The van der Waals surface area contributed by atoms with Crippen LogP contribution in [0, 0.1) is 17.8 Å². The average Bonchev–Trinajstić information content (AvgIpc) is 2.60. The van der Waals surface area contributed by atoms with Gasteiger partial charge in [0.2, 0.25) is 15.9 Å². The number of carbonyl (C=O) groups excluding carboxylic acids is 1. The van der Waals surface area contributed by atoms with Crippen molar-refractivity contribution in [2.75, 3.05) is 19.4 Å². The van der Waals surface area contributed by atoms with Gasteiger partial charge in [-0.1, -0.05) is 6.07 Å². The Morgan fingerprint density at radius 3 is 2.21 bits per heavy atom. The van der Waals surface area contributed by atoms with E-state index in [0.29, 0.717) is 5.69 Å². The minimum atomic E-state index is -3.53. The molecule has 0 saturated heterocycles. The van der Waals surface area contributed by atoms with E-state index >= 15 is 0 Å². The smallest absolute Gasteiger partial charge is 0.242 e. The molecule has 5 rings (SSSR count). The highest BCUT2D eigenvalue weighted by atomic mass is 32.2. The van der Waals surface area contributed by atoms with Gasteiger partial charge in [0.05, 0.1) is 10.9 Å². The van der Waals surface area contributed by atoms with Gasteiger partial charge in [-0.2, -0.15) is 0 Å². The quantitative estimate of drug-likeness (QED) is 0.763. The van der Waals surface area contributed by atoms with E-state index < -0.39 is 10.0 Å². The summed E-state index contributed by atoms with van der Waals surface area (Å²) in [5.74, 6) is 2.35. The van der Waals surface area contributed by atoms with Gasteiger partial charge in [0.1, 0.15) is 0 Å². The minimum absolute atomic E-state index is 0.113. The third-order valence-corrected chi connectivity index (χ3v) is 8.65. The summed E-state index contributed by atoms with van der Waals surface area (Å²) in [4.78, 5) is 13.0. The van der Waals surface area contributed by atoms with Crippen LogP contribution < -0.4 is 10.6 Å². The van der Waals surface area contributed by atoms with Gasteiger partial charge in [-0.15, -0.1) is 0 Å². The van der Waals surface area contributed by atoms with Crippen LogP contribution in [0.2, 0.25) is 0 Å². The summed E-state index contributed by atoms with van der Waals surface area (Å²) in [5.41, 5.74) is 0.619. The van der Waals surface area contributed by atoms with Gasteiger partial charge in [-0.3, -0.25) is 4.79 Å². The monoisotopic (exact) mass is 405 g/mol.